The number of aryl methyl sites for hydroxylation is 2. The number of rotatable bonds is 8. The van der Waals surface area contributed by atoms with Gasteiger partial charge in [-0.2, -0.15) is 39.5 Å². The van der Waals surface area contributed by atoms with Crippen molar-refractivity contribution in [3.63, 3.8) is 0 Å². The zero-order valence-electron chi connectivity index (χ0n) is 20.7. The number of carbonyl (C=O) groups excluding carboxylic acids is 2. The van der Waals surface area contributed by atoms with Crippen molar-refractivity contribution in [1.29, 1.82) is 0 Å². The lowest BCUT2D eigenvalue weighted by Crippen LogP contribution is -2.37. The van der Waals surface area contributed by atoms with Gasteiger partial charge in [-0.15, -0.1) is 0 Å². The molecule has 2 aromatic carbocycles. The zero-order valence-corrected chi connectivity index (χ0v) is 20.7. The summed E-state index contributed by atoms with van der Waals surface area (Å²) in [6.07, 6.45) is -14.2. The molecule has 0 aromatic heterocycles. The van der Waals surface area contributed by atoms with E-state index in [4.69, 9.17) is 0 Å². The molecule has 0 aliphatic heterocycles. The van der Waals surface area contributed by atoms with Gasteiger partial charge in [0.1, 0.15) is 12.4 Å². The molecule has 2 aromatic rings. The van der Waals surface area contributed by atoms with Crippen LogP contribution in [0.5, 0.6) is 0 Å². The number of halogens is 10. The molecule has 13 heteroatoms. The Morgan fingerprint density at radius 3 is 1.97 bits per heavy atom. The Morgan fingerprint density at radius 2 is 1.49 bits per heavy atom. The summed E-state index contributed by atoms with van der Waals surface area (Å²) < 4.78 is 133. The first-order valence-corrected chi connectivity index (χ1v) is 11.3. The molecule has 3 nitrogen and oxygen atoms in total. The predicted octanol–water partition coefficient (Wildman–Crippen LogP) is 7.71. The zero-order chi connectivity index (χ0) is 29.9. The van der Waals surface area contributed by atoms with Crippen LogP contribution in [0.15, 0.2) is 36.4 Å². The molecule has 1 amide bonds. The van der Waals surface area contributed by atoms with Gasteiger partial charge in [0.15, 0.2) is 5.78 Å². The molecule has 0 fully saturated rings. The molecule has 0 aliphatic rings. The van der Waals surface area contributed by atoms with Crippen molar-refractivity contribution in [2.45, 2.75) is 51.6 Å². The number of hydrogen-bond donors (Lipinski definition) is 1. The Morgan fingerprint density at radius 1 is 0.923 bits per heavy atom. The fourth-order valence-electron chi connectivity index (χ4n) is 3.76. The molecule has 1 unspecified atom stereocenters. The van der Waals surface area contributed by atoms with E-state index >= 15 is 0 Å². The molecule has 0 radical (unpaired) electrons. The van der Waals surface area contributed by atoms with Crippen molar-refractivity contribution in [3.05, 3.63) is 75.6 Å². The van der Waals surface area contributed by atoms with Crippen LogP contribution in [0.2, 0.25) is 0 Å². The first-order chi connectivity index (χ1) is 17.7. The number of nitrogens with one attached hydrogen (secondary N) is 1. The number of allylic oxidation sites excluding steroid dienone is 1. The normalized spacial score (nSPS) is 14.4. The minimum atomic E-state index is -5.12. The molecule has 1 N–H and O–H groups in total. The SMILES string of the molecule is Cc1cc(C(/C=C/c2ccc(C(=O)C[C@H](C)C(=O)NCC(F)(F)F)c(C(F)(F)F)c2)C(F)(F)F)cc(C)c1F. The van der Waals surface area contributed by atoms with E-state index in [-0.39, 0.29) is 22.3 Å². The Hall–Kier alpha value is -3.38. The van der Waals surface area contributed by atoms with Gasteiger partial charge in [0, 0.05) is 17.9 Å². The first-order valence-electron chi connectivity index (χ1n) is 11.3. The highest BCUT2D eigenvalue weighted by Crippen LogP contribution is 2.38. The van der Waals surface area contributed by atoms with Crippen LogP contribution < -0.4 is 5.32 Å². The maximum absolute atomic E-state index is 13.9. The third kappa shape index (κ3) is 8.82. The highest BCUT2D eigenvalue weighted by molar-refractivity contribution is 6.00. The van der Waals surface area contributed by atoms with Crippen molar-refractivity contribution in [3.8, 4) is 0 Å². The van der Waals surface area contributed by atoms with E-state index < -0.39 is 72.0 Å². The number of hydrogen-bond acceptors (Lipinski definition) is 2. The fraction of sp³-hybridized carbons (Fsp3) is 0.385. The Bertz CT molecular complexity index is 1220. The average molecular weight is 571 g/mol. The second kappa shape index (κ2) is 11.8. The summed E-state index contributed by atoms with van der Waals surface area (Å²) in [5, 5.41) is 1.54. The molecule has 0 spiro atoms. The molecular formula is C26H23F10NO2. The van der Waals surface area contributed by atoms with Gasteiger partial charge >= 0.3 is 18.5 Å². The summed E-state index contributed by atoms with van der Waals surface area (Å²) in [7, 11) is 0. The average Bonchev–Trinajstić information content (AvgIpc) is 2.78. The van der Waals surface area contributed by atoms with Crippen molar-refractivity contribution in [1.82, 2.24) is 5.32 Å². The van der Waals surface area contributed by atoms with Gasteiger partial charge < -0.3 is 5.32 Å². The van der Waals surface area contributed by atoms with Crippen molar-refractivity contribution in [2.24, 2.45) is 5.92 Å². The summed E-state index contributed by atoms with van der Waals surface area (Å²) >= 11 is 0. The molecule has 2 atom stereocenters. The lowest BCUT2D eigenvalue weighted by atomic mass is 9.92. The van der Waals surface area contributed by atoms with Gasteiger partial charge in [-0.05, 0) is 42.2 Å². The number of carbonyl (C=O) groups is 2. The van der Waals surface area contributed by atoms with Crippen LogP contribution in [0, 0.1) is 25.6 Å². The van der Waals surface area contributed by atoms with E-state index in [1.165, 1.54) is 19.2 Å². The minimum Gasteiger partial charge on any atom is -0.347 e. The predicted molar refractivity (Wildman–Crippen MR) is 122 cm³/mol. The van der Waals surface area contributed by atoms with Gasteiger partial charge in [0.25, 0.3) is 0 Å². The Labute approximate surface area is 216 Å². The molecule has 0 saturated carbocycles. The van der Waals surface area contributed by atoms with E-state index in [2.05, 4.69) is 0 Å². The van der Waals surface area contributed by atoms with Gasteiger partial charge in [0.2, 0.25) is 5.91 Å². The summed E-state index contributed by atoms with van der Waals surface area (Å²) in [5.41, 5.74) is -3.13. The summed E-state index contributed by atoms with van der Waals surface area (Å²) in [6, 6.07) is 4.11. The summed E-state index contributed by atoms with van der Waals surface area (Å²) in [5.74, 6) is -6.75. The fourth-order valence-corrected chi connectivity index (χ4v) is 3.76. The van der Waals surface area contributed by atoms with Gasteiger partial charge in [-0.1, -0.05) is 43.3 Å². The van der Waals surface area contributed by atoms with Crippen LogP contribution >= 0.6 is 0 Å². The van der Waals surface area contributed by atoms with Crippen LogP contribution in [-0.4, -0.2) is 30.6 Å². The molecule has 0 heterocycles. The van der Waals surface area contributed by atoms with Crippen molar-refractivity contribution < 1.29 is 53.5 Å². The molecule has 0 saturated heterocycles. The summed E-state index contributed by atoms with van der Waals surface area (Å²) in [6.45, 7) is 1.92. The maximum atomic E-state index is 13.9. The number of alkyl halides is 9. The lowest BCUT2D eigenvalue weighted by Gasteiger charge is -2.19. The van der Waals surface area contributed by atoms with Crippen LogP contribution in [0.4, 0.5) is 43.9 Å². The molecule has 0 aliphatic carbocycles. The van der Waals surface area contributed by atoms with E-state index in [0.717, 1.165) is 37.3 Å². The number of Topliss-reactive ketones (excluding diaryl/α,β-unsaturated/α-hetero) is 1. The number of amides is 1. The van der Waals surface area contributed by atoms with E-state index in [1.807, 2.05) is 0 Å². The standard InChI is InChI=1S/C26H23F10NO2/c1-13-8-17(9-14(2)22(13)27)19(25(31,32)33)7-5-16-4-6-18(20(11-16)26(34,35)36)21(38)10-15(3)23(39)37-12-24(28,29)30/h4-9,11,15,19H,10,12H2,1-3H3,(H,37,39)/b7-5+/t15-,19?/m0/s1. The van der Waals surface area contributed by atoms with Gasteiger partial charge in [0.05, 0.1) is 11.5 Å². The minimum absolute atomic E-state index is 0.0452. The van der Waals surface area contributed by atoms with Crippen LogP contribution in [-0.2, 0) is 11.0 Å². The quantitative estimate of drug-likeness (QED) is 0.261. The van der Waals surface area contributed by atoms with Crippen molar-refractivity contribution >= 4 is 17.8 Å². The topological polar surface area (TPSA) is 46.2 Å². The largest absolute Gasteiger partial charge is 0.417 e. The van der Waals surface area contributed by atoms with E-state index in [0.29, 0.717) is 12.1 Å². The molecule has 2 rings (SSSR count). The monoisotopic (exact) mass is 571 g/mol. The third-order valence-corrected chi connectivity index (χ3v) is 5.70. The van der Waals surface area contributed by atoms with E-state index in [9.17, 15) is 53.5 Å². The highest BCUT2D eigenvalue weighted by atomic mass is 19.4. The molecule has 214 valence electrons. The molecular weight excluding hydrogens is 548 g/mol. The maximum Gasteiger partial charge on any atom is 0.417 e. The van der Waals surface area contributed by atoms with Crippen LogP contribution in [0.25, 0.3) is 6.08 Å². The summed E-state index contributed by atoms with van der Waals surface area (Å²) in [4.78, 5) is 24.3. The van der Waals surface area contributed by atoms with Crippen molar-refractivity contribution in [2.75, 3.05) is 6.54 Å². The first kappa shape index (κ1) is 31.8. The highest BCUT2D eigenvalue weighted by Gasteiger charge is 2.40. The van der Waals surface area contributed by atoms with E-state index in [1.54, 1.807) is 0 Å². The van der Waals surface area contributed by atoms with Gasteiger partial charge in [-0.3, -0.25) is 9.59 Å². The smallest absolute Gasteiger partial charge is 0.347 e. The second-order valence-corrected chi connectivity index (χ2v) is 9.01. The number of ketones is 1. The van der Waals surface area contributed by atoms with Crippen LogP contribution in [0.3, 0.4) is 0 Å². The van der Waals surface area contributed by atoms with Gasteiger partial charge in [-0.25, -0.2) is 4.39 Å². The van der Waals surface area contributed by atoms with Crippen LogP contribution in [0.1, 0.15) is 57.4 Å². The lowest BCUT2D eigenvalue weighted by molar-refractivity contribution is -0.140. The second-order valence-electron chi connectivity index (χ2n) is 9.01. The third-order valence-electron chi connectivity index (χ3n) is 5.70. The Balaban J connectivity index is 2.37. The molecule has 0 bridgehead atoms. The number of benzene rings is 2. The Kier molecular flexibility index (Phi) is 9.62. The molecule has 39 heavy (non-hydrogen) atoms.